The number of hydrogen-bond acceptors (Lipinski definition) is 5. The zero-order valence-corrected chi connectivity index (χ0v) is 18.8. The monoisotopic (exact) mass is 485 g/mol. The third kappa shape index (κ3) is 5.06. The van der Waals surface area contributed by atoms with Crippen LogP contribution in [-0.4, -0.2) is 48.6 Å². The first kappa shape index (κ1) is 22.8. The number of amides is 1. The highest BCUT2D eigenvalue weighted by atomic mass is 79.9. The minimum absolute atomic E-state index is 0.0736. The van der Waals surface area contributed by atoms with Gasteiger partial charge in [0.1, 0.15) is 18.1 Å². The summed E-state index contributed by atoms with van der Waals surface area (Å²) in [6, 6.07) is 13.4. The van der Waals surface area contributed by atoms with E-state index in [9.17, 15) is 14.7 Å². The fraction of sp³-hybridized carbons (Fsp3) is 0.250. The van der Waals surface area contributed by atoms with Crippen LogP contribution in [0.4, 0.5) is 0 Å². The lowest BCUT2D eigenvalue weighted by molar-refractivity contribution is -0.140. The van der Waals surface area contributed by atoms with Crippen LogP contribution in [0.1, 0.15) is 23.6 Å². The zero-order chi connectivity index (χ0) is 22.4. The summed E-state index contributed by atoms with van der Waals surface area (Å²) < 4.78 is 11.4. The molecule has 1 aliphatic rings. The molecule has 1 unspecified atom stereocenters. The van der Waals surface area contributed by atoms with E-state index in [1.165, 1.54) is 4.90 Å². The van der Waals surface area contributed by atoms with Gasteiger partial charge >= 0.3 is 0 Å². The molecule has 1 atom stereocenters. The number of likely N-dealkylation sites (tertiary alicyclic amines) is 1. The molecule has 1 amide bonds. The number of aliphatic hydroxyl groups is 1. The van der Waals surface area contributed by atoms with Crippen LogP contribution < -0.4 is 4.74 Å². The molecule has 0 aliphatic carbocycles. The summed E-state index contributed by atoms with van der Waals surface area (Å²) >= 11 is 3.41. The van der Waals surface area contributed by atoms with Crippen LogP contribution in [0.2, 0.25) is 0 Å². The van der Waals surface area contributed by atoms with Gasteiger partial charge in [-0.05, 0) is 48.4 Å². The number of ether oxygens (including phenoxy) is 2. The van der Waals surface area contributed by atoms with E-state index in [-0.39, 0.29) is 11.3 Å². The van der Waals surface area contributed by atoms with Gasteiger partial charge in [-0.3, -0.25) is 9.59 Å². The molecule has 3 rings (SSSR count). The number of carbonyl (C=O) groups is 2. The number of Topliss-reactive ketones (excluding diaryl/α,β-unsaturated/α-hetero) is 1. The zero-order valence-electron chi connectivity index (χ0n) is 17.2. The summed E-state index contributed by atoms with van der Waals surface area (Å²) in [6.45, 7) is 4.77. The van der Waals surface area contributed by atoms with E-state index in [0.717, 1.165) is 10.0 Å². The Morgan fingerprint density at radius 3 is 2.45 bits per heavy atom. The van der Waals surface area contributed by atoms with Crippen molar-refractivity contribution >= 4 is 33.4 Å². The maximum atomic E-state index is 12.9. The van der Waals surface area contributed by atoms with Crippen LogP contribution in [0, 0.1) is 0 Å². The van der Waals surface area contributed by atoms with Gasteiger partial charge in [0.05, 0.1) is 11.6 Å². The minimum Gasteiger partial charge on any atom is -0.507 e. The van der Waals surface area contributed by atoms with E-state index in [2.05, 4.69) is 22.5 Å². The number of carbonyl (C=O) groups excluding carboxylic acids is 2. The molecule has 0 spiro atoms. The second-order valence-electron chi connectivity index (χ2n) is 7.01. The standard InChI is InChI=1S/C24H24BrNO5/c1-3-14-31-19-11-7-17(8-12-19)22(27)20-21(16-5-9-18(25)10-6-16)26(13-4-15-30-2)24(29)23(20)28/h3,5-12,21,27H,1,4,13-15H2,2H3/b22-20+. The molecule has 1 fully saturated rings. The van der Waals surface area contributed by atoms with Crippen molar-refractivity contribution in [3.05, 3.63) is 82.4 Å². The van der Waals surface area contributed by atoms with Crippen molar-refractivity contribution < 1.29 is 24.2 Å². The molecule has 1 heterocycles. The maximum Gasteiger partial charge on any atom is 0.295 e. The summed E-state index contributed by atoms with van der Waals surface area (Å²) in [7, 11) is 1.59. The summed E-state index contributed by atoms with van der Waals surface area (Å²) in [5.41, 5.74) is 1.25. The fourth-order valence-electron chi connectivity index (χ4n) is 3.50. The third-order valence-electron chi connectivity index (χ3n) is 4.97. The lowest BCUT2D eigenvalue weighted by Gasteiger charge is -2.25. The van der Waals surface area contributed by atoms with Crippen LogP contribution in [-0.2, 0) is 14.3 Å². The quantitative estimate of drug-likeness (QED) is 0.186. The first-order chi connectivity index (χ1) is 15.0. The molecular weight excluding hydrogens is 462 g/mol. The number of hydrogen-bond donors (Lipinski definition) is 1. The van der Waals surface area contributed by atoms with Gasteiger partial charge in [0.2, 0.25) is 0 Å². The van der Waals surface area contributed by atoms with Crippen molar-refractivity contribution in [1.82, 2.24) is 4.90 Å². The minimum atomic E-state index is -0.699. The smallest absolute Gasteiger partial charge is 0.295 e. The molecule has 162 valence electrons. The van der Waals surface area contributed by atoms with Gasteiger partial charge < -0.3 is 19.5 Å². The summed E-state index contributed by atoms with van der Waals surface area (Å²) in [6.07, 6.45) is 2.21. The topological polar surface area (TPSA) is 76.1 Å². The highest BCUT2D eigenvalue weighted by Gasteiger charge is 2.45. The number of aliphatic hydroxyl groups excluding tert-OH is 1. The van der Waals surface area contributed by atoms with Gasteiger partial charge in [-0.2, -0.15) is 0 Å². The van der Waals surface area contributed by atoms with E-state index in [0.29, 0.717) is 37.5 Å². The van der Waals surface area contributed by atoms with Crippen molar-refractivity contribution in [2.75, 3.05) is 26.9 Å². The summed E-state index contributed by atoms with van der Waals surface area (Å²) in [5.74, 6) is -0.928. The van der Waals surface area contributed by atoms with Crippen molar-refractivity contribution in [1.29, 1.82) is 0 Å². The highest BCUT2D eigenvalue weighted by molar-refractivity contribution is 9.10. The van der Waals surface area contributed by atoms with E-state index in [4.69, 9.17) is 9.47 Å². The third-order valence-corrected chi connectivity index (χ3v) is 5.50. The Labute approximate surface area is 189 Å². The lowest BCUT2D eigenvalue weighted by atomic mass is 9.95. The van der Waals surface area contributed by atoms with Gasteiger partial charge in [0.25, 0.3) is 11.7 Å². The van der Waals surface area contributed by atoms with Crippen LogP contribution >= 0.6 is 15.9 Å². The number of ketones is 1. The normalized spacial score (nSPS) is 17.7. The summed E-state index contributed by atoms with van der Waals surface area (Å²) in [4.78, 5) is 27.3. The first-order valence-corrected chi connectivity index (χ1v) is 10.6. The fourth-order valence-corrected chi connectivity index (χ4v) is 3.77. The van der Waals surface area contributed by atoms with Crippen molar-refractivity contribution in [2.45, 2.75) is 12.5 Å². The Morgan fingerprint density at radius 2 is 1.84 bits per heavy atom. The van der Waals surface area contributed by atoms with Gasteiger partial charge in [-0.1, -0.05) is 40.7 Å². The largest absolute Gasteiger partial charge is 0.507 e. The first-order valence-electron chi connectivity index (χ1n) is 9.85. The van der Waals surface area contributed by atoms with Crippen LogP contribution in [0.15, 0.2) is 71.2 Å². The van der Waals surface area contributed by atoms with Crippen LogP contribution in [0.3, 0.4) is 0 Å². The van der Waals surface area contributed by atoms with Gasteiger partial charge in [0.15, 0.2) is 0 Å². The molecule has 31 heavy (non-hydrogen) atoms. The van der Waals surface area contributed by atoms with Gasteiger partial charge in [-0.15, -0.1) is 0 Å². The second kappa shape index (κ2) is 10.4. The molecule has 1 N–H and O–H groups in total. The SMILES string of the molecule is C=CCOc1ccc(/C(O)=C2\C(=O)C(=O)N(CCCOC)C2c2ccc(Br)cc2)cc1. The van der Waals surface area contributed by atoms with E-state index < -0.39 is 17.7 Å². The predicted molar refractivity (Wildman–Crippen MR) is 122 cm³/mol. The molecule has 1 aliphatic heterocycles. The van der Waals surface area contributed by atoms with E-state index >= 15 is 0 Å². The van der Waals surface area contributed by atoms with E-state index in [1.54, 1.807) is 37.5 Å². The highest BCUT2D eigenvalue weighted by Crippen LogP contribution is 2.39. The molecule has 0 aromatic heterocycles. The van der Waals surface area contributed by atoms with Crippen LogP contribution in [0.25, 0.3) is 5.76 Å². The molecule has 0 saturated carbocycles. The molecule has 0 bridgehead atoms. The van der Waals surface area contributed by atoms with Gasteiger partial charge in [-0.25, -0.2) is 0 Å². The molecule has 2 aromatic carbocycles. The Kier molecular flexibility index (Phi) is 7.65. The Bertz CT molecular complexity index is 982. The molecule has 0 radical (unpaired) electrons. The van der Waals surface area contributed by atoms with Crippen LogP contribution in [0.5, 0.6) is 5.75 Å². The average Bonchev–Trinajstić information content (AvgIpc) is 3.03. The number of benzene rings is 2. The van der Waals surface area contributed by atoms with E-state index in [1.807, 2.05) is 24.3 Å². The number of nitrogens with zero attached hydrogens (tertiary/aromatic N) is 1. The second-order valence-corrected chi connectivity index (χ2v) is 7.93. The van der Waals surface area contributed by atoms with Crippen molar-refractivity contribution in [2.24, 2.45) is 0 Å². The molecule has 6 nitrogen and oxygen atoms in total. The number of rotatable bonds is 9. The number of halogens is 1. The number of methoxy groups -OCH3 is 1. The summed E-state index contributed by atoms with van der Waals surface area (Å²) in [5, 5.41) is 11.0. The maximum absolute atomic E-state index is 12.9. The Morgan fingerprint density at radius 1 is 1.16 bits per heavy atom. The Hall–Kier alpha value is -2.90. The molecule has 2 aromatic rings. The predicted octanol–water partition coefficient (Wildman–Crippen LogP) is 4.47. The molecule has 7 heteroatoms. The van der Waals surface area contributed by atoms with Gasteiger partial charge in [0, 0.05) is 30.3 Å². The van der Waals surface area contributed by atoms with Crippen molar-refractivity contribution in [3.63, 3.8) is 0 Å². The molecule has 1 saturated heterocycles. The Balaban J connectivity index is 2.03. The lowest BCUT2D eigenvalue weighted by Crippen LogP contribution is -2.31. The van der Waals surface area contributed by atoms with Crippen molar-refractivity contribution in [3.8, 4) is 5.75 Å². The average molecular weight is 486 g/mol. The molecular formula is C24H24BrNO5.